The number of quaternary nitrogens is 1. The van der Waals surface area contributed by atoms with Gasteiger partial charge in [-0.15, -0.1) is 0 Å². The van der Waals surface area contributed by atoms with Gasteiger partial charge in [-0.05, 0) is 60.7 Å². The number of hydrogen-bond donors (Lipinski definition) is 6. The lowest BCUT2D eigenvalue weighted by Crippen LogP contribution is -2.44. The SMILES string of the molecule is N=c1ccn(-c2c3nc(c(-n4ccc(=[NH2+])cc4)c4ccc([nH]4)c(-[n+]4ccc([NH3+])cc4)c4nc(c(-n5ccc(=[NH2+])cc5)c5ccc2[nH]5)C=C4)C=C3)cc1. The van der Waals surface area contributed by atoms with Crippen LogP contribution >= 0.6 is 0 Å². The minimum Gasteiger partial charge on any atom is -0.352 e. The van der Waals surface area contributed by atoms with Crippen molar-refractivity contribution in [2.45, 2.75) is 0 Å². The monoisotopic (exact) mass is 682 g/mol. The van der Waals surface area contributed by atoms with E-state index in [1.165, 1.54) is 0 Å². The van der Waals surface area contributed by atoms with Gasteiger partial charge in [0.1, 0.15) is 16.9 Å². The van der Waals surface area contributed by atoms with Gasteiger partial charge in [-0.3, -0.25) is 10.8 Å². The molecule has 250 valence electrons. The molecule has 9 heterocycles. The number of nitrogens with one attached hydrogen (secondary N) is 3. The van der Waals surface area contributed by atoms with Crippen LogP contribution in [0.3, 0.4) is 0 Å². The Kier molecular flexibility index (Phi) is 7.16. The summed E-state index contributed by atoms with van der Waals surface area (Å²) >= 11 is 0. The van der Waals surface area contributed by atoms with Gasteiger partial charge in [-0.25, -0.2) is 9.97 Å². The number of rotatable bonds is 4. The van der Waals surface area contributed by atoms with Gasteiger partial charge in [0.15, 0.2) is 23.1 Å². The first kappa shape index (κ1) is 30.6. The third-order valence-electron chi connectivity index (χ3n) is 9.11. The highest BCUT2D eigenvalue weighted by molar-refractivity contribution is 5.89. The average molecular weight is 683 g/mol. The smallest absolute Gasteiger partial charge is 0.260 e. The molecule has 2 aliphatic heterocycles. The van der Waals surface area contributed by atoms with E-state index < -0.39 is 0 Å². The van der Waals surface area contributed by atoms with Crippen LogP contribution in [-0.2, 0) is 0 Å². The Morgan fingerprint density at radius 2 is 0.904 bits per heavy atom. The number of aromatic nitrogens is 8. The summed E-state index contributed by atoms with van der Waals surface area (Å²) in [6.07, 6.45) is 23.6. The third-order valence-corrected chi connectivity index (χ3v) is 9.11. The maximum Gasteiger partial charge on any atom is 0.260 e. The lowest BCUT2D eigenvalue weighted by Gasteiger charge is -2.09. The second-order valence-electron chi connectivity index (χ2n) is 12.6. The molecule has 0 saturated heterocycles. The summed E-state index contributed by atoms with van der Waals surface area (Å²) in [6.45, 7) is 0. The van der Waals surface area contributed by atoms with Gasteiger partial charge in [0.2, 0.25) is 0 Å². The maximum atomic E-state index is 8.15. The topological polar surface area (TPSA) is 179 Å². The van der Waals surface area contributed by atoms with Gasteiger partial charge in [0.25, 0.3) is 5.69 Å². The molecule has 9 rings (SSSR count). The Labute approximate surface area is 295 Å². The Bertz CT molecular complexity index is 2870. The van der Waals surface area contributed by atoms with E-state index in [0.717, 1.165) is 73.3 Å². The van der Waals surface area contributed by atoms with Gasteiger partial charge < -0.3 is 34.8 Å². The molecule has 12 heteroatoms. The van der Waals surface area contributed by atoms with E-state index in [4.69, 9.17) is 26.2 Å². The summed E-state index contributed by atoms with van der Waals surface area (Å²) in [6, 6.07) is 23.2. The molecule has 0 aliphatic carbocycles. The fraction of sp³-hybridized carbons (Fsp3) is 0. The third kappa shape index (κ3) is 5.41. The van der Waals surface area contributed by atoms with Crippen LogP contribution in [0, 0.1) is 5.41 Å². The van der Waals surface area contributed by atoms with Crippen molar-refractivity contribution in [2.24, 2.45) is 0 Å². The molecule has 8 bridgehead atoms. The molecule has 0 fully saturated rings. The molecule has 12 nitrogen and oxygen atoms in total. The lowest BCUT2D eigenvalue weighted by molar-refractivity contribution is -0.595. The molecule has 52 heavy (non-hydrogen) atoms. The van der Waals surface area contributed by atoms with E-state index in [1.54, 1.807) is 12.1 Å². The zero-order valence-electron chi connectivity index (χ0n) is 27.9. The molecule has 0 radical (unpaired) electrons. The molecule has 2 aliphatic rings. The largest absolute Gasteiger partial charge is 0.352 e. The molecule has 10 N–H and O–H groups in total. The Balaban J connectivity index is 1.48. The van der Waals surface area contributed by atoms with E-state index in [2.05, 4.69) is 38.5 Å². The Hall–Kier alpha value is -7.44. The first-order chi connectivity index (χ1) is 25.4. The molecule has 0 spiro atoms. The van der Waals surface area contributed by atoms with Crippen LogP contribution in [0.25, 0.3) is 69.1 Å². The Morgan fingerprint density at radius 1 is 0.519 bits per heavy atom. The number of H-pyrrole nitrogens is 2. The van der Waals surface area contributed by atoms with E-state index in [-0.39, 0.29) is 0 Å². The molecule has 0 unspecified atom stereocenters. The van der Waals surface area contributed by atoms with Gasteiger partial charge >= 0.3 is 0 Å². The van der Waals surface area contributed by atoms with E-state index in [0.29, 0.717) is 16.1 Å². The molecule has 0 aromatic carbocycles. The quantitative estimate of drug-likeness (QED) is 0.152. The van der Waals surface area contributed by atoms with Crippen molar-refractivity contribution in [1.29, 1.82) is 5.41 Å². The molecule has 7 aromatic rings. The number of nitrogens with two attached hydrogens (primary N) is 2. The minimum atomic E-state index is 0.413. The van der Waals surface area contributed by atoms with Crippen molar-refractivity contribution < 1.29 is 21.1 Å². The number of fused-ring (bicyclic) bond motifs is 8. The van der Waals surface area contributed by atoms with Crippen molar-refractivity contribution in [1.82, 2.24) is 33.6 Å². The molecule has 7 aromatic heterocycles. The van der Waals surface area contributed by atoms with Crippen molar-refractivity contribution >= 4 is 52.1 Å². The van der Waals surface area contributed by atoms with Crippen LogP contribution in [0.5, 0.6) is 0 Å². The first-order valence-corrected chi connectivity index (χ1v) is 16.7. The van der Waals surface area contributed by atoms with E-state index >= 15 is 0 Å². The van der Waals surface area contributed by atoms with E-state index in [9.17, 15) is 0 Å². The van der Waals surface area contributed by atoms with Gasteiger partial charge in [0, 0.05) is 61.4 Å². The predicted octanol–water partition coefficient (Wildman–Crippen LogP) is 0.977. The molecular formula is C40H34N12+4. The van der Waals surface area contributed by atoms with Crippen LogP contribution in [0.1, 0.15) is 22.8 Å². The van der Waals surface area contributed by atoms with Crippen molar-refractivity contribution in [2.75, 3.05) is 0 Å². The normalized spacial score (nSPS) is 12.0. The van der Waals surface area contributed by atoms with Gasteiger partial charge in [-0.2, -0.15) is 4.57 Å². The summed E-state index contributed by atoms with van der Waals surface area (Å²) < 4.78 is 8.07. The summed E-state index contributed by atoms with van der Waals surface area (Å²) in [5.74, 6) is 0. The predicted molar refractivity (Wildman–Crippen MR) is 197 cm³/mol. The Morgan fingerprint density at radius 3 is 1.38 bits per heavy atom. The molecular weight excluding hydrogens is 649 g/mol. The highest BCUT2D eigenvalue weighted by Crippen LogP contribution is 2.30. The van der Waals surface area contributed by atoms with E-state index in [1.807, 2.05) is 130 Å². The highest BCUT2D eigenvalue weighted by atomic mass is 15.0. The first-order valence-electron chi connectivity index (χ1n) is 16.7. The number of hydrogen-bond acceptors (Lipinski definition) is 3. The number of nitrogens with zero attached hydrogens (tertiary/aromatic N) is 6. The van der Waals surface area contributed by atoms with Gasteiger partial charge in [-0.1, -0.05) is 0 Å². The zero-order chi connectivity index (χ0) is 35.3. The van der Waals surface area contributed by atoms with Crippen LogP contribution in [0.15, 0.2) is 122 Å². The second-order valence-corrected chi connectivity index (χ2v) is 12.6. The summed E-state index contributed by atoms with van der Waals surface area (Å²) in [4.78, 5) is 17.9. The maximum absolute atomic E-state index is 8.15. The van der Waals surface area contributed by atoms with Crippen LogP contribution in [0.4, 0.5) is 5.69 Å². The zero-order valence-corrected chi connectivity index (χ0v) is 27.9. The van der Waals surface area contributed by atoms with Crippen LogP contribution in [-0.4, -0.2) is 33.6 Å². The van der Waals surface area contributed by atoms with Crippen LogP contribution in [0.2, 0.25) is 0 Å². The molecule has 0 amide bonds. The van der Waals surface area contributed by atoms with Crippen molar-refractivity contribution in [3.63, 3.8) is 0 Å². The van der Waals surface area contributed by atoms with Crippen molar-refractivity contribution in [3.05, 3.63) is 161 Å². The highest BCUT2D eigenvalue weighted by Gasteiger charge is 2.21. The fourth-order valence-corrected chi connectivity index (χ4v) is 6.59. The standard InChI is InChI=1S/C40H30N12/c41-25-9-17-49(18-10-25)37-29-1-2-30(45-29)38(50-19-11-26(42)12-20-50)32-5-6-34(47-32)40(52-23-15-28(44)16-24-52)36-8-7-35(48-36)39(33-4-3-31(37)46-33)51-21-13-27(43)14-22-51/h1-24,41-44H,(H2,45,46,47,48)/p+4. The molecule has 0 saturated carbocycles. The molecule has 0 atom stereocenters. The summed E-state index contributed by atoms with van der Waals surface area (Å²) in [7, 11) is 0. The van der Waals surface area contributed by atoms with Crippen molar-refractivity contribution in [3.8, 4) is 22.7 Å². The fourth-order valence-electron chi connectivity index (χ4n) is 6.59. The second kappa shape index (κ2) is 12.2. The summed E-state index contributed by atoms with van der Waals surface area (Å²) in [5.41, 5.74) is 14.8. The number of pyridine rings is 4. The summed E-state index contributed by atoms with van der Waals surface area (Å²) in [5, 5.41) is 22.1. The minimum absolute atomic E-state index is 0.413. The average Bonchev–Trinajstić information content (AvgIpc) is 3.99. The van der Waals surface area contributed by atoms with Crippen LogP contribution < -0.4 is 37.2 Å². The van der Waals surface area contributed by atoms with Gasteiger partial charge in [0.05, 0.1) is 68.2 Å². The number of aromatic amines is 2. The lowest BCUT2D eigenvalue weighted by atomic mass is 10.2.